The number of nitrogens with one attached hydrogen (secondary N) is 4. The van der Waals surface area contributed by atoms with Crippen molar-refractivity contribution in [2.45, 2.75) is 0 Å². The molecular formula is C10H9BrN6O4. The van der Waals surface area contributed by atoms with Gasteiger partial charge in [-0.2, -0.15) is 5.10 Å². The molecule has 0 bridgehead atoms. The molecule has 1 amide bonds. The van der Waals surface area contributed by atoms with Crippen LogP contribution in [0.5, 0.6) is 0 Å². The molecule has 0 unspecified atom stereocenters. The first-order valence-corrected chi connectivity index (χ1v) is 6.34. The van der Waals surface area contributed by atoms with Crippen molar-refractivity contribution in [3.05, 3.63) is 43.4 Å². The van der Waals surface area contributed by atoms with E-state index in [9.17, 15) is 14.4 Å². The third-order valence-corrected chi connectivity index (χ3v) is 2.53. The van der Waals surface area contributed by atoms with Crippen LogP contribution in [-0.4, -0.2) is 33.8 Å². The van der Waals surface area contributed by atoms with E-state index in [-0.39, 0.29) is 12.4 Å². The van der Waals surface area contributed by atoms with E-state index >= 15 is 0 Å². The number of hydrogen-bond acceptors (Lipinski definition) is 7. The minimum absolute atomic E-state index is 0.177. The highest BCUT2D eigenvalue weighted by molar-refractivity contribution is 9.10. The molecule has 11 heteroatoms. The molecule has 0 fully saturated rings. The molecule has 0 aliphatic heterocycles. The Labute approximate surface area is 124 Å². The summed E-state index contributed by atoms with van der Waals surface area (Å²) in [5, 5.41) is 11.6. The predicted octanol–water partition coefficient (Wildman–Crippen LogP) is -0.624. The third kappa shape index (κ3) is 4.42. The number of anilines is 1. The molecule has 0 saturated heterocycles. The van der Waals surface area contributed by atoms with Crippen LogP contribution in [0.3, 0.4) is 0 Å². The molecule has 4 N–H and O–H groups in total. The first kappa shape index (κ1) is 14.7. The Balaban J connectivity index is 1.83. The van der Waals surface area contributed by atoms with Crippen LogP contribution in [0.15, 0.2) is 35.9 Å². The summed E-state index contributed by atoms with van der Waals surface area (Å²) in [6.07, 6.45) is 1.31. The second kappa shape index (κ2) is 6.65. The van der Waals surface area contributed by atoms with Gasteiger partial charge in [0.25, 0.3) is 11.5 Å². The first-order valence-electron chi connectivity index (χ1n) is 5.55. The fourth-order valence-electron chi connectivity index (χ4n) is 1.24. The van der Waals surface area contributed by atoms with Crippen LogP contribution in [0.25, 0.3) is 0 Å². The molecule has 2 aromatic heterocycles. The average Bonchev–Trinajstić information content (AvgIpc) is 2.83. The maximum Gasteiger partial charge on any atom is 0.342 e. The molecule has 2 heterocycles. The summed E-state index contributed by atoms with van der Waals surface area (Å²) in [4.78, 5) is 35.4. The number of halogens is 1. The van der Waals surface area contributed by atoms with Gasteiger partial charge in [-0.3, -0.25) is 14.6 Å². The van der Waals surface area contributed by atoms with Crippen molar-refractivity contribution in [3.8, 4) is 0 Å². The minimum Gasteiger partial charge on any atom is -0.448 e. The second-order valence-electron chi connectivity index (χ2n) is 3.64. The number of furan rings is 1. The van der Waals surface area contributed by atoms with Gasteiger partial charge in [0, 0.05) is 0 Å². The zero-order valence-corrected chi connectivity index (χ0v) is 11.9. The monoisotopic (exact) mass is 356 g/mol. The van der Waals surface area contributed by atoms with E-state index in [0.29, 0.717) is 10.4 Å². The van der Waals surface area contributed by atoms with Crippen molar-refractivity contribution in [2.24, 2.45) is 5.10 Å². The van der Waals surface area contributed by atoms with Crippen molar-refractivity contribution in [1.82, 2.24) is 20.6 Å². The molecule has 0 aliphatic rings. The number of aromatic nitrogens is 3. The van der Waals surface area contributed by atoms with Crippen LogP contribution in [0.2, 0.25) is 0 Å². The van der Waals surface area contributed by atoms with Gasteiger partial charge in [-0.25, -0.2) is 15.3 Å². The quantitative estimate of drug-likeness (QED) is 0.414. The molecule has 0 saturated carbocycles. The number of hydrogen-bond donors (Lipinski definition) is 4. The van der Waals surface area contributed by atoms with E-state index in [1.54, 1.807) is 12.1 Å². The van der Waals surface area contributed by atoms with Crippen LogP contribution in [0.4, 0.5) is 5.82 Å². The molecule has 10 nitrogen and oxygen atoms in total. The average molecular weight is 357 g/mol. The van der Waals surface area contributed by atoms with E-state index in [1.807, 2.05) is 10.1 Å². The highest BCUT2D eigenvalue weighted by Gasteiger charge is 2.04. The van der Waals surface area contributed by atoms with Crippen LogP contribution in [0, 0.1) is 0 Å². The zero-order chi connectivity index (χ0) is 15.2. The Bertz CT molecular complexity index is 776. The Kier molecular flexibility index (Phi) is 4.66. The molecule has 2 aromatic rings. The summed E-state index contributed by atoms with van der Waals surface area (Å²) in [5.74, 6) is -0.234. The number of carbonyl (C=O) groups is 1. The molecule has 0 spiro atoms. The van der Waals surface area contributed by atoms with Gasteiger partial charge in [-0.05, 0) is 28.1 Å². The van der Waals surface area contributed by atoms with Gasteiger partial charge < -0.3 is 9.73 Å². The van der Waals surface area contributed by atoms with Crippen molar-refractivity contribution in [1.29, 1.82) is 0 Å². The van der Waals surface area contributed by atoms with E-state index in [2.05, 4.69) is 36.9 Å². The fraction of sp³-hybridized carbons (Fsp3) is 0.100. The zero-order valence-electron chi connectivity index (χ0n) is 10.3. The lowest BCUT2D eigenvalue weighted by Crippen LogP contribution is -2.31. The van der Waals surface area contributed by atoms with Gasteiger partial charge >= 0.3 is 5.69 Å². The summed E-state index contributed by atoms with van der Waals surface area (Å²) in [6.45, 7) is -0.249. The van der Waals surface area contributed by atoms with Gasteiger partial charge in [0.1, 0.15) is 5.76 Å². The lowest BCUT2D eigenvalue weighted by molar-refractivity contribution is -0.119. The van der Waals surface area contributed by atoms with Gasteiger partial charge in [0.2, 0.25) is 5.82 Å². The maximum absolute atomic E-state index is 11.5. The standard InChI is InChI=1S/C10H9BrN6O4/c11-6-2-1-5(21-6)3-13-15-7(18)4-12-8-9(19)14-10(20)17-16-8/h1-3H,4H2,(H,12,16)(H,15,18)(H2,14,17,19,20)/b13-3+. The summed E-state index contributed by atoms with van der Waals surface area (Å²) in [6, 6.07) is 3.33. The summed E-state index contributed by atoms with van der Waals surface area (Å²) in [5.41, 5.74) is 0.764. The number of carbonyl (C=O) groups excluding carboxylic acids is 1. The van der Waals surface area contributed by atoms with Gasteiger partial charge in [-0.1, -0.05) is 0 Å². The fourth-order valence-corrected chi connectivity index (χ4v) is 1.56. The molecule has 0 aromatic carbocycles. The van der Waals surface area contributed by atoms with E-state index in [1.165, 1.54) is 6.21 Å². The molecular weight excluding hydrogens is 348 g/mol. The van der Waals surface area contributed by atoms with Crippen molar-refractivity contribution >= 4 is 33.9 Å². The largest absolute Gasteiger partial charge is 0.448 e. The predicted molar refractivity (Wildman–Crippen MR) is 76.1 cm³/mol. The molecule has 110 valence electrons. The lowest BCUT2D eigenvalue weighted by Gasteiger charge is -2.01. The van der Waals surface area contributed by atoms with Crippen molar-refractivity contribution in [2.75, 3.05) is 11.9 Å². The van der Waals surface area contributed by atoms with Gasteiger partial charge in [0.15, 0.2) is 4.67 Å². The maximum atomic E-state index is 11.5. The molecule has 0 aliphatic carbocycles. The molecule has 21 heavy (non-hydrogen) atoms. The summed E-state index contributed by atoms with van der Waals surface area (Å²) in [7, 11) is 0. The second-order valence-corrected chi connectivity index (χ2v) is 4.43. The number of amides is 1. The Morgan fingerprint density at radius 3 is 2.95 bits per heavy atom. The van der Waals surface area contributed by atoms with E-state index < -0.39 is 17.2 Å². The Morgan fingerprint density at radius 1 is 1.48 bits per heavy atom. The first-order chi connectivity index (χ1) is 10.0. The van der Waals surface area contributed by atoms with E-state index in [4.69, 9.17) is 4.42 Å². The SMILES string of the molecule is O=C(CNc1n[nH]c(=O)[nH]c1=O)N/N=C/c1ccc(Br)o1. The highest BCUT2D eigenvalue weighted by Crippen LogP contribution is 2.11. The third-order valence-electron chi connectivity index (χ3n) is 2.10. The summed E-state index contributed by atoms with van der Waals surface area (Å²) < 4.78 is 5.67. The number of rotatable bonds is 5. The van der Waals surface area contributed by atoms with Crippen molar-refractivity contribution in [3.63, 3.8) is 0 Å². The topological polar surface area (TPSA) is 145 Å². The number of nitrogens with zero attached hydrogens (tertiary/aromatic N) is 2. The molecule has 2 rings (SSSR count). The normalized spacial score (nSPS) is 10.7. The Morgan fingerprint density at radius 2 is 2.29 bits per heavy atom. The van der Waals surface area contributed by atoms with Crippen LogP contribution in [-0.2, 0) is 4.79 Å². The molecule has 0 radical (unpaired) electrons. The smallest absolute Gasteiger partial charge is 0.342 e. The van der Waals surface area contributed by atoms with Gasteiger partial charge in [-0.15, -0.1) is 5.10 Å². The highest BCUT2D eigenvalue weighted by atomic mass is 79.9. The van der Waals surface area contributed by atoms with Gasteiger partial charge in [0.05, 0.1) is 12.8 Å². The van der Waals surface area contributed by atoms with E-state index in [0.717, 1.165) is 0 Å². The molecule has 0 atom stereocenters. The number of hydrazone groups is 1. The number of H-pyrrole nitrogens is 2. The van der Waals surface area contributed by atoms with Crippen LogP contribution >= 0.6 is 15.9 Å². The minimum atomic E-state index is -0.732. The van der Waals surface area contributed by atoms with Crippen molar-refractivity contribution < 1.29 is 9.21 Å². The van der Waals surface area contributed by atoms with Crippen LogP contribution < -0.4 is 22.0 Å². The lowest BCUT2D eigenvalue weighted by atomic mass is 10.5. The van der Waals surface area contributed by atoms with Crippen LogP contribution in [0.1, 0.15) is 5.76 Å². The summed E-state index contributed by atoms with van der Waals surface area (Å²) >= 11 is 3.13. The Hall–Kier alpha value is -2.69. The number of aromatic amines is 2.